The molecule has 3 rings (SSSR count). The van der Waals surface area contributed by atoms with Gasteiger partial charge in [-0.25, -0.2) is 0 Å². The summed E-state index contributed by atoms with van der Waals surface area (Å²) in [5.41, 5.74) is 10.7. The number of hydrogen-bond donors (Lipinski definition) is 2. The van der Waals surface area contributed by atoms with E-state index in [4.69, 9.17) is 10.3 Å². The average molecular weight is 254 g/mol. The highest BCUT2D eigenvalue weighted by Gasteiger charge is 2.20. The van der Waals surface area contributed by atoms with Crippen LogP contribution in [0.4, 0.5) is 5.82 Å². The molecule has 2 aromatic heterocycles. The number of nitrogens with two attached hydrogens (primary N) is 1. The molecule has 0 aliphatic heterocycles. The summed E-state index contributed by atoms with van der Waals surface area (Å²) in [5, 5.41) is 10.8. The van der Waals surface area contributed by atoms with E-state index in [0.29, 0.717) is 11.6 Å². The molecule has 3 aromatic rings. The number of hydrogen-bond acceptors (Lipinski definition) is 4. The van der Waals surface area contributed by atoms with Crippen molar-refractivity contribution in [2.24, 2.45) is 0 Å². The first-order chi connectivity index (χ1) is 9.16. The Kier molecular flexibility index (Phi) is 2.59. The highest BCUT2D eigenvalue weighted by molar-refractivity contribution is 5.87. The molecule has 96 valence electrons. The minimum atomic E-state index is 0.390. The van der Waals surface area contributed by atoms with Crippen molar-refractivity contribution in [3.05, 3.63) is 41.7 Å². The molecule has 5 heteroatoms. The molecular formula is C14H14N4O. The predicted octanol–water partition coefficient (Wildman–Crippen LogP) is 2.93. The van der Waals surface area contributed by atoms with Crippen LogP contribution in [0.2, 0.25) is 0 Å². The van der Waals surface area contributed by atoms with Crippen LogP contribution in [-0.4, -0.2) is 15.4 Å². The number of aryl methyl sites for hydroxylation is 2. The molecule has 0 radical (unpaired) electrons. The first kappa shape index (κ1) is 11.5. The first-order valence-electron chi connectivity index (χ1n) is 5.99. The number of aromatic nitrogens is 3. The third-order valence-electron chi connectivity index (χ3n) is 3.10. The zero-order chi connectivity index (χ0) is 13.4. The molecule has 0 amide bonds. The predicted molar refractivity (Wildman–Crippen MR) is 73.4 cm³/mol. The summed E-state index contributed by atoms with van der Waals surface area (Å²) in [6.45, 7) is 3.97. The molecule has 0 saturated carbocycles. The maximum Gasteiger partial charge on any atom is 0.180 e. The maximum absolute atomic E-state index is 5.94. The van der Waals surface area contributed by atoms with Gasteiger partial charge in [-0.1, -0.05) is 35.0 Å². The molecule has 1 aromatic carbocycles. The van der Waals surface area contributed by atoms with Crippen molar-refractivity contribution >= 4 is 5.82 Å². The monoisotopic (exact) mass is 254 g/mol. The molecule has 0 spiro atoms. The lowest BCUT2D eigenvalue weighted by Gasteiger charge is -2.03. The molecule has 0 aliphatic rings. The number of nitrogens with zero attached hydrogens (tertiary/aromatic N) is 2. The van der Waals surface area contributed by atoms with Crippen molar-refractivity contribution in [3.63, 3.8) is 0 Å². The molecule has 0 saturated heterocycles. The molecule has 0 bridgehead atoms. The summed E-state index contributed by atoms with van der Waals surface area (Å²) < 4.78 is 5.38. The SMILES string of the molecule is Cc1cccc(-c2c(N)noc2-c2cn[nH]c2C)c1. The van der Waals surface area contributed by atoms with E-state index in [1.807, 2.05) is 32.0 Å². The van der Waals surface area contributed by atoms with Crippen molar-refractivity contribution in [2.75, 3.05) is 5.73 Å². The molecule has 0 unspecified atom stereocenters. The minimum Gasteiger partial charge on any atom is -0.380 e. The van der Waals surface area contributed by atoms with E-state index in [1.54, 1.807) is 6.20 Å². The topological polar surface area (TPSA) is 80.7 Å². The lowest BCUT2D eigenvalue weighted by molar-refractivity contribution is 0.436. The molecule has 0 aliphatic carbocycles. The number of H-pyrrole nitrogens is 1. The van der Waals surface area contributed by atoms with Crippen LogP contribution in [0, 0.1) is 13.8 Å². The maximum atomic E-state index is 5.94. The Morgan fingerprint density at radius 3 is 2.79 bits per heavy atom. The van der Waals surface area contributed by atoms with Gasteiger partial charge in [0.15, 0.2) is 11.6 Å². The van der Waals surface area contributed by atoms with Gasteiger partial charge < -0.3 is 10.3 Å². The fourth-order valence-electron chi connectivity index (χ4n) is 2.15. The fraction of sp³-hybridized carbons (Fsp3) is 0.143. The normalized spacial score (nSPS) is 10.8. The summed E-state index contributed by atoms with van der Waals surface area (Å²) in [6, 6.07) is 8.08. The Morgan fingerprint density at radius 2 is 2.11 bits per heavy atom. The van der Waals surface area contributed by atoms with Gasteiger partial charge in [-0.3, -0.25) is 5.10 Å². The van der Waals surface area contributed by atoms with E-state index >= 15 is 0 Å². The third kappa shape index (κ3) is 1.89. The van der Waals surface area contributed by atoms with Crippen molar-refractivity contribution in [3.8, 4) is 22.5 Å². The summed E-state index contributed by atoms with van der Waals surface area (Å²) in [4.78, 5) is 0. The second kappa shape index (κ2) is 4.28. The quantitative estimate of drug-likeness (QED) is 0.736. The Balaban J connectivity index is 2.22. The lowest BCUT2D eigenvalue weighted by Crippen LogP contribution is -1.89. The van der Waals surface area contributed by atoms with Crippen molar-refractivity contribution in [2.45, 2.75) is 13.8 Å². The van der Waals surface area contributed by atoms with Gasteiger partial charge in [0.2, 0.25) is 0 Å². The molecular weight excluding hydrogens is 240 g/mol. The van der Waals surface area contributed by atoms with E-state index in [2.05, 4.69) is 21.4 Å². The standard InChI is InChI=1S/C14H14N4O/c1-8-4-3-5-10(6-8)12-13(19-18-14(12)15)11-7-16-17-9(11)2/h3-7H,1-2H3,(H2,15,18)(H,16,17). The summed E-state index contributed by atoms with van der Waals surface area (Å²) in [6.07, 6.45) is 1.72. The largest absolute Gasteiger partial charge is 0.380 e. The molecule has 19 heavy (non-hydrogen) atoms. The van der Waals surface area contributed by atoms with Gasteiger partial charge in [-0.2, -0.15) is 5.10 Å². The van der Waals surface area contributed by atoms with Gasteiger partial charge in [-0.15, -0.1) is 0 Å². The number of aromatic amines is 1. The van der Waals surface area contributed by atoms with Crippen molar-refractivity contribution < 1.29 is 4.52 Å². The average Bonchev–Trinajstić information content (AvgIpc) is 2.95. The number of nitrogen functional groups attached to an aromatic ring is 1. The van der Waals surface area contributed by atoms with Gasteiger partial charge in [0.1, 0.15) is 0 Å². The van der Waals surface area contributed by atoms with Gasteiger partial charge in [-0.05, 0) is 19.4 Å². The third-order valence-corrected chi connectivity index (χ3v) is 3.10. The number of anilines is 1. The number of rotatable bonds is 2. The van der Waals surface area contributed by atoms with Crippen LogP contribution in [0.1, 0.15) is 11.3 Å². The van der Waals surface area contributed by atoms with Gasteiger partial charge in [0.05, 0.1) is 17.3 Å². The highest BCUT2D eigenvalue weighted by Crippen LogP contribution is 2.37. The smallest absolute Gasteiger partial charge is 0.180 e. The van der Waals surface area contributed by atoms with E-state index in [-0.39, 0.29) is 0 Å². The molecule has 0 fully saturated rings. The van der Waals surface area contributed by atoms with Gasteiger partial charge in [0.25, 0.3) is 0 Å². The lowest BCUT2D eigenvalue weighted by atomic mass is 10.0. The van der Waals surface area contributed by atoms with Crippen LogP contribution < -0.4 is 5.73 Å². The van der Waals surface area contributed by atoms with Crippen LogP contribution in [0.15, 0.2) is 35.0 Å². The van der Waals surface area contributed by atoms with Gasteiger partial charge in [0, 0.05) is 5.69 Å². The van der Waals surface area contributed by atoms with E-state index in [0.717, 1.165) is 27.9 Å². The minimum absolute atomic E-state index is 0.390. The number of nitrogens with one attached hydrogen (secondary N) is 1. The van der Waals surface area contributed by atoms with Crippen LogP contribution in [0.3, 0.4) is 0 Å². The Morgan fingerprint density at radius 1 is 1.26 bits per heavy atom. The Bertz CT molecular complexity index is 727. The van der Waals surface area contributed by atoms with Crippen molar-refractivity contribution in [1.82, 2.24) is 15.4 Å². The second-order valence-electron chi connectivity index (χ2n) is 4.55. The first-order valence-corrected chi connectivity index (χ1v) is 5.99. The fourth-order valence-corrected chi connectivity index (χ4v) is 2.15. The van der Waals surface area contributed by atoms with Crippen molar-refractivity contribution in [1.29, 1.82) is 0 Å². The van der Waals surface area contributed by atoms with E-state index in [1.165, 1.54) is 0 Å². The Hall–Kier alpha value is -2.56. The number of benzene rings is 1. The summed E-state index contributed by atoms with van der Waals surface area (Å²) >= 11 is 0. The molecule has 5 nitrogen and oxygen atoms in total. The van der Waals surface area contributed by atoms with E-state index in [9.17, 15) is 0 Å². The summed E-state index contributed by atoms with van der Waals surface area (Å²) in [7, 11) is 0. The van der Waals surface area contributed by atoms with E-state index < -0.39 is 0 Å². The van der Waals surface area contributed by atoms with Gasteiger partial charge >= 0.3 is 0 Å². The second-order valence-corrected chi connectivity index (χ2v) is 4.55. The Labute approximate surface area is 110 Å². The molecule has 3 N–H and O–H groups in total. The van der Waals surface area contributed by atoms with Crippen LogP contribution >= 0.6 is 0 Å². The summed E-state index contributed by atoms with van der Waals surface area (Å²) in [5.74, 6) is 1.04. The van der Waals surface area contributed by atoms with Crippen LogP contribution in [0.25, 0.3) is 22.5 Å². The zero-order valence-electron chi connectivity index (χ0n) is 10.8. The van der Waals surface area contributed by atoms with Crippen LogP contribution in [-0.2, 0) is 0 Å². The molecule has 0 atom stereocenters. The van der Waals surface area contributed by atoms with Crippen LogP contribution in [0.5, 0.6) is 0 Å². The zero-order valence-corrected chi connectivity index (χ0v) is 10.8. The molecule has 2 heterocycles. The highest BCUT2D eigenvalue weighted by atomic mass is 16.5.